The van der Waals surface area contributed by atoms with Gasteiger partial charge in [-0.3, -0.25) is 14.9 Å². The van der Waals surface area contributed by atoms with Gasteiger partial charge in [0.2, 0.25) is 5.91 Å². The summed E-state index contributed by atoms with van der Waals surface area (Å²) in [5, 5.41) is 8.34. The minimum absolute atomic E-state index is 0.0853. The minimum Gasteiger partial charge on any atom is -0.496 e. The van der Waals surface area contributed by atoms with E-state index in [1.54, 1.807) is 19.1 Å². The molecule has 176 valence electrons. The Hall–Kier alpha value is -3.36. The van der Waals surface area contributed by atoms with Crippen molar-refractivity contribution in [1.29, 1.82) is 0 Å². The first-order valence-electron chi connectivity index (χ1n) is 10.8. The summed E-state index contributed by atoms with van der Waals surface area (Å²) < 4.78 is 5.41. The molecule has 9 heteroatoms. The molecule has 0 aromatic heterocycles. The third-order valence-electron chi connectivity index (χ3n) is 5.81. The molecule has 3 aromatic carbocycles. The Morgan fingerprint density at radius 1 is 1.00 bits per heavy atom. The highest BCUT2D eigenvalue weighted by molar-refractivity contribution is 7.80. The molecule has 34 heavy (non-hydrogen) atoms. The lowest BCUT2D eigenvalue weighted by Gasteiger charge is -2.36. The number of amides is 2. The van der Waals surface area contributed by atoms with Crippen LogP contribution in [-0.2, 0) is 4.79 Å². The number of ether oxygens (including phenoxy) is 1. The molecule has 3 aromatic rings. The van der Waals surface area contributed by atoms with Gasteiger partial charge in [0.05, 0.1) is 23.4 Å². The molecule has 1 heterocycles. The van der Waals surface area contributed by atoms with E-state index in [4.69, 9.17) is 28.6 Å². The van der Waals surface area contributed by atoms with Gasteiger partial charge in [0, 0.05) is 38.8 Å². The van der Waals surface area contributed by atoms with Crippen molar-refractivity contribution in [2.45, 2.75) is 6.92 Å². The predicted molar refractivity (Wildman–Crippen MR) is 140 cm³/mol. The van der Waals surface area contributed by atoms with Gasteiger partial charge in [0.1, 0.15) is 5.75 Å². The molecule has 0 unspecified atom stereocenters. The molecular formula is C25H25ClN4O3S. The molecule has 0 aliphatic carbocycles. The predicted octanol–water partition coefficient (Wildman–Crippen LogP) is 4.30. The molecule has 2 amide bonds. The van der Waals surface area contributed by atoms with Crippen molar-refractivity contribution in [1.82, 2.24) is 10.2 Å². The van der Waals surface area contributed by atoms with Crippen molar-refractivity contribution in [3.63, 3.8) is 0 Å². The zero-order chi connectivity index (χ0) is 24.2. The number of anilines is 2. The highest BCUT2D eigenvalue weighted by Gasteiger charge is 2.21. The quantitative estimate of drug-likeness (QED) is 0.525. The van der Waals surface area contributed by atoms with Crippen molar-refractivity contribution in [3.8, 4) is 5.75 Å². The first-order valence-corrected chi connectivity index (χ1v) is 11.6. The van der Waals surface area contributed by atoms with Crippen LogP contribution in [0.4, 0.5) is 11.4 Å². The monoisotopic (exact) mass is 496 g/mol. The topological polar surface area (TPSA) is 73.9 Å². The SMILES string of the molecule is COc1cc2ccccc2cc1C(=O)NC(=S)Nc1ccc(N2CCN(C(C)=O)CC2)c(Cl)c1. The molecule has 0 spiro atoms. The fraction of sp³-hybridized carbons (Fsp3) is 0.240. The van der Waals surface area contributed by atoms with Crippen molar-refractivity contribution < 1.29 is 14.3 Å². The maximum atomic E-state index is 12.9. The molecule has 7 nitrogen and oxygen atoms in total. The summed E-state index contributed by atoms with van der Waals surface area (Å²) in [5.74, 6) is 0.185. The van der Waals surface area contributed by atoms with Gasteiger partial charge in [-0.2, -0.15) is 0 Å². The summed E-state index contributed by atoms with van der Waals surface area (Å²) in [5.41, 5.74) is 1.95. The Morgan fingerprint density at radius 3 is 2.29 bits per heavy atom. The zero-order valence-electron chi connectivity index (χ0n) is 18.9. The van der Waals surface area contributed by atoms with Gasteiger partial charge in [-0.05, 0) is 53.3 Å². The van der Waals surface area contributed by atoms with Crippen molar-refractivity contribution in [2.24, 2.45) is 0 Å². The van der Waals surface area contributed by atoms with Crippen LogP contribution in [0.25, 0.3) is 10.8 Å². The Morgan fingerprint density at radius 2 is 1.68 bits per heavy atom. The number of hydrogen-bond acceptors (Lipinski definition) is 5. The molecular weight excluding hydrogens is 472 g/mol. The summed E-state index contributed by atoms with van der Waals surface area (Å²) >= 11 is 11.9. The number of carbonyl (C=O) groups is 2. The number of carbonyl (C=O) groups excluding carboxylic acids is 2. The Bertz CT molecular complexity index is 1260. The third kappa shape index (κ3) is 5.24. The molecule has 1 fully saturated rings. The van der Waals surface area contributed by atoms with Crippen LogP contribution >= 0.6 is 23.8 Å². The van der Waals surface area contributed by atoms with E-state index in [0.29, 0.717) is 48.2 Å². The minimum atomic E-state index is -0.369. The van der Waals surface area contributed by atoms with E-state index < -0.39 is 0 Å². The van der Waals surface area contributed by atoms with Crippen molar-refractivity contribution in [3.05, 3.63) is 65.2 Å². The maximum Gasteiger partial charge on any atom is 0.261 e. The molecule has 4 rings (SSSR count). The number of rotatable bonds is 4. The van der Waals surface area contributed by atoms with Crippen LogP contribution in [0.15, 0.2) is 54.6 Å². The number of methoxy groups -OCH3 is 1. The normalized spacial score (nSPS) is 13.5. The number of fused-ring (bicyclic) bond motifs is 1. The van der Waals surface area contributed by atoms with Gasteiger partial charge in [0.25, 0.3) is 5.91 Å². The van der Waals surface area contributed by atoms with Crippen LogP contribution in [-0.4, -0.2) is 55.1 Å². The van der Waals surface area contributed by atoms with Crippen molar-refractivity contribution >= 4 is 62.9 Å². The Labute approximate surface area is 208 Å². The summed E-state index contributed by atoms with van der Waals surface area (Å²) in [6, 6.07) is 16.9. The number of halogens is 1. The molecule has 0 saturated carbocycles. The molecule has 0 atom stereocenters. The smallest absolute Gasteiger partial charge is 0.261 e. The molecule has 1 aliphatic rings. The van der Waals surface area contributed by atoms with E-state index in [1.807, 2.05) is 47.4 Å². The average Bonchev–Trinajstić information content (AvgIpc) is 2.83. The van der Waals surface area contributed by atoms with Crippen molar-refractivity contribution in [2.75, 3.05) is 43.5 Å². The van der Waals surface area contributed by atoms with E-state index >= 15 is 0 Å². The fourth-order valence-electron chi connectivity index (χ4n) is 4.00. The summed E-state index contributed by atoms with van der Waals surface area (Å²) in [6.45, 7) is 4.35. The third-order valence-corrected chi connectivity index (χ3v) is 6.32. The number of benzene rings is 3. The second-order valence-corrected chi connectivity index (χ2v) is 8.78. The number of thiocarbonyl (C=S) groups is 1. The van der Waals surface area contributed by atoms with Crippen LogP contribution in [0.2, 0.25) is 5.02 Å². The van der Waals surface area contributed by atoms with E-state index in [1.165, 1.54) is 7.11 Å². The standard InChI is InChI=1S/C25H25ClN4O3S/c1-16(31)29-9-11-30(12-10-29)22-8-7-19(15-21(22)26)27-25(34)28-24(32)20-13-17-5-3-4-6-18(17)14-23(20)33-2/h3-8,13-15H,9-12H2,1-2H3,(H2,27,28,32,34). The summed E-state index contributed by atoms with van der Waals surface area (Å²) in [6.07, 6.45) is 0. The van der Waals surface area contributed by atoms with E-state index in [0.717, 1.165) is 16.5 Å². The summed E-state index contributed by atoms with van der Waals surface area (Å²) in [4.78, 5) is 28.4. The second-order valence-electron chi connectivity index (χ2n) is 7.97. The van der Waals surface area contributed by atoms with Gasteiger partial charge in [0.15, 0.2) is 5.11 Å². The molecule has 1 aliphatic heterocycles. The maximum absolute atomic E-state index is 12.9. The first-order chi connectivity index (χ1) is 16.4. The van der Waals surface area contributed by atoms with Crippen LogP contribution in [0.1, 0.15) is 17.3 Å². The second kappa shape index (κ2) is 10.3. The fourth-order valence-corrected chi connectivity index (χ4v) is 4.51. The van der Waals surface area contributed by atoms with Crippen LogP contribution in [0, 0.1) is 0 Å². The van der Waals surface area contributed by atoms with Gasteiger partial charge in [-0.25, -0.2) is 0 Å². The lowest BCUT2D eigenvalue weighted by Crippen LogP contribution is -2.48. The molecule has 0 bridgehead atoms. The van der Waals surface area contributed by atoms with E-state index in [2.05, 4.69) is 15.5 Å². The Kier molecular flexibility index (Phi) is 7.19. The van der Waals surface area contributed by atoms with Gasteiger partial charge in [-0.15, -0.1) is 0 Å². The largest absolute Gasteiger partial charge is 0.496 e. The van der Waals surface area contributed by atoms with Crippen LogP contribution in [0.3, 0.4) is 0 Å². The van der Waals surface area contributed by atoms with Gasteiger partial charge >= 0.3 is 0 Å². The summed E-state index contributed by atoms with van der Waals surface area (Å²) in [7, 11) is 1.53. The van der Waals surface area contributed by atoms with E-state index in [-0.39, 0.29) is 16.9 Å². The first kappa shape index (κ1) is 23.8. The average molecular weight is 497 g/mol. The molecule has 0 radical (unpaired) electrons. The lowest BCUT2D eigenvalue weighted by atomic mass is 10.1. The van der Waals surface area contributed by atoms with Crippen LogP contribution < -0.4 is 20.3 Å². The van der Waals surface area contributed by atoms with Gasteiger partial charge < -0.3 is 19.9 Å². The highest BCUT2D eigenvalue weighted by Crippen LogP contribution is 2.30. The lowest BCUT2D eigenvalue weighted by molar-refractivity contribution is -0.129. The zero-order valence-corrected chi connectivity index (χ0v) is 20.5. The Balaban J connectivity index is 1.41. The number of piperazine rings is 1. The van der Waals surface area contributed by atoms with Crippen LogP contribution in [0.5, 0.6) is 5.75 Å². The van der Waals surface area contributed by atoms with Gasteiger partial charge in [-0.1, -0.05) is 35.9 Å². The number of nitrogens with zero attached hydrogens (tertiary/aromatic N) is 2. The molecule has 1 saturated heterocycles. The van der Waals surface area contributed by atoms with E-state index in [9.17, 15) is 9.59 Å². The highest BCUT2D eigenvalue weighted by atomic mass is 35.5. The number of nitrogens with one attached hydrogen (secondary N) is 2. The number of hydrogen-bond donors (Lipinski definition) is 2. The molecule has 2 N–H and O–H groups in total.